The number of nitrogens with one attached hydrogen (secondary N) is 4. The third-order valence-electron chi connectivity index (χ3n) is 7.01. The van der Waals surface area contributed by atoms with Gasteiger partial charge in [0.05, 0.1) is 13.1 Å². The van der Waals surface area contributed by atoms with Gasteiger partial charge in [0.2, 0.25) is 0 Å². The van der Waals surface area contributed by atoms with E-state index in [1.165, 1.54) is 25.2 Å². The Morgan fingerprint density at radius 3 is 2.49 bits per heavy atom. The fraction of sp³-hybridized carbons (Fsp3) is 0.423. The van der Waals surface area contributed by atoms with Crippen LogP contribution in [-0.2, 0) is 22.6 Å². The van der Waals surface area contributed by atoms with E-state index < -0.39 is 26.9 Å². The van der Waals surface area contributed by atoms with Crippen molar-refractivity contribution in [1.29, 1.82) is 0 Å². The molecule has 1 saturated carbocycles. The van der Waals surface area contributed by atoms with Crippen LogP contribution >= 0.6 is 0 Å². The van der Waals surface area contributed by atoms with Gasteiger partial charge in [0.1, 0.15) is 22.9 Å². The van der Waals surface area contributed by atoms with Crippen molar-refractivity contribution in [3.05, 3.63) is 64.9 Å². The maximum atomic E-state index is 15.2. The number of carbonyl (C=O) groups is 1. The monoisotopic (exact) mass is 561 g/mol. The largest absolute Gasteiger partial charge is 0.724 e. The van der Waals surface area contributed by atoms with Crippen molar-refractivity contribution in [2.75, 3.05) is 24.2 Å². The SMILES string of the molecule is CC(Nc1nc(Nc2cc(C3CC3)[nH]n2)c(F)cc1CNC(=O)C[N@@+](C)(C(C)C)S(=O)[O-])c1ccc(F)cc1. The number of hydrogen-bond donors (Lipinski definition) is 4. The minimum absolute atomic E-state index is 0.0569. The third-order valence-corrected chi connectivity index (χ3v) is 8.24. The molecule has 0 bridgehead atoms. The van der Waals surface area contributed by atoms with Crippen LogP contribution in [-0.4, -0.2) is 53.4 Å². The van der Waals surface area contributed by atoms with Crippen LogP contribution in [0.15, 0.2) is 36.4 Å². The number of H-pyrrole nitrogens is 1. The second-order valence-corrected chi connectivity index (χ2v) is 11.5. The molecular formula is C26H33F2N7O3S. The second-order valence-electron chi connectivity index (χ2n) is 10.3. The van der Waals surface area contributed by atoms with E-state index in [0.717, 1.165) is 24.1 Å². The van der Waals surface area contributed by atoms with Crippen LogP contribution in [0, 0.1) is 11.6 Å². The van der Waals surface area contributed by atoms with E-state index in [9.17, 15) is 17.9 Å². The highest BCUT2D eigenvalue weighted by Crippen LogP contribution is 2.39. The van der Waals surface area contributed by atoms with Crippen molar-refractivity contribution in [2.24, 2.45) is 0 Å². The predicted molar refractivity (Wildman–Crippen MR) is 143 cm³/mol. The van der Waals surface area contributed by atoms with Gasteiger partial charge in [-0.15, -0.1) is 0 Å². The average Bonchev–Trinajstić information content (AvgIpc) is 3.63. The minimum Gasteiger partial charge on any atom is -0.724 e. The number of carbonyl (C=O) groups excluding carboxylic acids is 1. The molecule has 3 atom stereocenters. The molecule has 0 saturated heterocycles. The van der Waals surface area contributed by atoms with Crippen LogP contribution in [0.25, 0.3) is 0 Å². The highest BCUT2D eigenvalue weighted by atomic mass is 32.2. The van der Waals surface area contributed by atoms with Gasteiger partial charge < -0.3 is 20.5 Å². The lowest BCUT2D eigenvalue weighted by Gasteiger charge is -2.37. The van der Waals surface area contributed by atoms with Crippen LogP contribution in [0.3, 0.4) is 0 Å². The predicted octanol–water partition coefficient (Wildman–Crippen LogP) is 4.14. The lowest BCUT2D eigenvalue weighted by molar-refractivity contribution is -0.800. The van der Waals surface area contributed by atoms with Crippen molar-refractivity contribution in [1.82, 2.24) is 20.5 Å². The van der Waals surface area contributed by atoms with Gasteiger partial charge in [0.15, 0.2) is 24.0 Å². The third kappa shape index (κ3) is 6.97. The number of hydrogen-bond acceptors (Lipinski definition) is 7. The Kier molecular flexibility index (Phi) is 8.62. The first-order valence-corrected chi connectivity index (χ1v) is 13.7. The molecule has 0 aliphatic heterocycles. The molecule has 0 radical (unpaired) electrons. The van der Waals surface area contributed by atoms with E-state index >= 15 is 4.39 Å². The molecule has 39 heavy (non-hydrogen) atoms. The van der Waals surface area contributed by atoms with Gasteiger partial charge in [-0.25, -0.2) is 21.9 Å². The molecule has 1 fully saturated rings. The topological polar surface area (TPSA) is 135 Å². The summed E-state index contributed by atoms with van der Waals surface area (Å²) in [7, 11) is 1.45. The van der Waals surface area contributed by atoms with Crippen molar-refractivity contribution in [3.8, 4) is 0 Å². The highest BCUT2D eigenvalue weighted by molar-refractivity contribution is 7.73. The lowest BCUT2D eigenvalue weighted by Crippen LogP contribution is -2.55. The Labute approximate surface area is 228 Å². The van der Waals surface area contributed by atoms with Crippen LogP contribution < -0.4 is 16.0 Å². The molecule has 1 aliphatic rings. The molecule has 2 heterocycles. The standard InChI is InChI=1S/C26H33F2N7O3S/c1-15(2)35(4,39(37)38)14-24(36)29-13-19-11-21(28)26(31-23-12-22(33-34-23)18-5-6-18)32-25(19)30-16(3)17-7-9-20(27)10-8-17/h7-12,15-16,18H,5-6,13-14H2,1-4H3,(H4-,29,30,31,32,33,34,36,37,38)/t16?,35-/m0/s1. The van der Waals surface area contributed by atoms with E-state index in [0.29, 0.717) is 23.1 Å². The molecule has 0 spiro atoms. The van der Waals surface area contributed by atoms with Crippen LogP contribution in [0.4, 0.5) is 26.2 Å². The second kappa shape index (κ2) is 11.8. The quantitative estimate of drug-likeness (QED) is 0.193. The number of aromatic amines is 1. The number of amides is 1. The molecule has 3 aromatic rings. The number of aromatic nitrogens is 3. The molecular weight excluding hydrogens is 528 g/mol. The summed E-state index contributed by atoms with van der Waals surface area (Å²) in [5.74, 6) is -0.422. The first-order valence-electron chi connectivity index (χ1n) is 12.7. The fourth-order valence-electron chi connectivity index (χ4n) is 3.98. The number of likely N-dealkylation sites (N-methyl/N-ethyl adjacent to an activating group) is 1. The van der Waals surface area contributed by atoms with Gasteiger partial charge in [-0.2, -0.15) is 5.10 Å². The lowest BCUT2D eigenvalue weighted by atomic mass is 10.1. The summed E-state index contributed by atoms with van der Waals surface area (Å²) in [5, 5.41) is 16.0. The highest BCUT2D eigenvalue weighted by Gasteiger charge is 2.31. The Hall–Kier alpha value is -3.42. The van der Waals surface area contributed by atoms with Gasteiger partial charge in [-0.3, -0.25) is 9.89 Å². The molecule has 1 aliphatic carbocycles. The maximum Gasteiger partial charge on any atom is 0.276 e. The van der Waals surface area contributed by atoms with Crippen molar-refractivity contribution in [2.45, 2.75) is 58.2 Å². The van der Waals surface area contributed by atoms with Crippen LogP contribution in [0.5, 0.6) is 0 Å². The summed E-state index contributed by atoms with van der Waals surface area (Å²) in [6, 6.07) is 8.35. The molecule has 2 aromatic heterocycles. The first-order chi connectivity index (χ1) is 18.5. The van der Waals surface area contributed by atoms with Crippen molar-refractivity contribution in [3.63, 3.8) is 0 Å². The van der Waals surface area contributed by atoms with E-state index in [2.05, 4.69) is 31.1 Å². The van der Waals surface area contributed by atoms with E-state index in [4.69, 9.17) is 0 Å². The zero-order valence-corrected chi connectivity index (χ0v) is 23.1. The van der Waals surface area contributed by atoms with Gasteiger partial charge in [0, 0.05) is 35.8 Å². The molecule has 4 rings (SSSR count). The molecule has 1 amide bonds. The molecule has 210 valence electrons. The number of rotatable bonds is 12. The van der Waals surface area contributed by atoms with Gasteiger partial charge in [0.25, 0.3) is 5.91 Å². The molecule has 2 unspecified atom stereocenters. The number of pyridine rings is 1. The average molecular weight is 562 g/mol. The molecule has 13 heteroatoms. The zero-order chi connectivity index (χ0) is 28.3. The minimum atomic E-state index is -2.53. The molecule has 1 aromatic carbocycles. The van der Waals surface area contributed by atoms with Crippen molar-refractivity contribution >= 4 is 34.6 Å². The first kappa shape index (κ1) is 28.6. The summed E-state index contributed by atoms with van der Waals surface area (Å²) in [5.41, 5.74) is 2.10. The molecule has 10 nitrogen and oxygen atoms in total. The number of anilines is 3. The molecule has 4 N–H and O–H groups in total. The van der Waals surface area contributed by atoms with E-state index in [1.807, 2.05) is 13.0 Å². The fourth-order valence-corrected chi connectivity index (χ4v) is 4.55. The van der Waals surface area contributed by atoms with E-state index in [-0.39, 0.29) is 36.8 Å². The van der Waals surface area contributed by atoms with Crippen LogP contribution in [0.2, 0.25) is 0 Å². The van der Waals surface area contributed by atoms with Gasteiger partial charge in [-0.05, 0) is 57.4 Å². The Morgan fingerprint density at radius 2 is 1.87 bits per heavy atom. The normalized spacial score (nSPS) is 16.4. The Bertz CT molecular complexity index is 1350. The number of halogens is 2. The smallest absolute Gasteiger partial charge is 0.276 e. The van der Waals surface area contributed by atoms with Crippen LogP contribution in [0.1, 0.15) is 62.4 Å². The maximum absolute atomic E-state index is 15.2. The summed E-state index contributed by atoms with van der Waals surface area (Å²) < 4.78 is 51.6. The summed E-state index contributed by atoms with van der Waals surface area (Å²) in [4.78, 5) is 17.1. The van der Waals surface area contributed by atoms with Gasteiger partial charge in [-0.1, -0.05) is 12.1 Å². The van der Waals surface area contributed by atoms with Gasteiger partial charge >= 0.3 is 0 Å². The number of benzene rings is 1. The number of nitrogens with zero attached hydrogens (tertiary/aromatic N) is 3. The Morgan fingerprint density at radius 1 is 1.18 bits per heavy atom. The summed E-state index contributed by atoms with van der Waals surface area (Å²) >= 11 is -2.53. The van der Waals surface area contributed by atoms with E-state index in [1.54, 1.807) is 26.0 Å². The zero-order valence-electron chi connectivity index (χ0n) is 22.3. The summed E-state index contributed by atoms with van der Waals surface area (Å²) in [6.07, 6.45) is 2.17. The summed E-state index contributed by atoms with van der Waals surface area (Å²) in [6.45, 7) is 4.86. The van der Waals surface area contributed by atoms with Crippen molar-refractivity contribution < 1.29 is 26.2 Å². The Balaban J connectivity index is 1.56. The number of quaternary nitrogens is 1.